The molecule has 0 saturated heterocycles. The van der Waals surface area contributed by atoms with Crippen LogP contribution in [0.4, 0.5) is 0 Å². The van der Waals surface area contributed by atoms with Crippen LogP contribution in [0.15, 0.2) is 18.2 Å². The molecule has 0 aliphatic rings. The zero-order chi connectivity index (χ0) is 15.1. The molecule has 1 rings (SSSR count). The van der Waals surface area contributed by atoms with Gasteiger partial charge in [0.2, 0.25) is 0 Å². The number of ketones is 1. The molecule has 0 aliphatic heterocycles. The average Bonchev–Trinajstić information content (AvgIpc) is 2.45. The average molecular weight is 279 g/mol. The third-order valence-electron chi connectivity index (χ3n) is 3.69. The molecule has 0 bridgehead atoms. The fraction of sp³-hybridized carbons (Fsp3) is 0.562. The molecular weight excluding hydrogens is 254 g/mol. The summed E-state index contributed by atoms with van der Waals surface area (Å²) >= 11 is 0. The summed E-state index contributed by atoms with van der Waals surface area (Å²) in [6.45, 7) is 7.61. The zero-order valence-electron chi connectivity index (χ0n) is 12.8. The van der Waals surface area contributed by atoms with Gasteiger partial charge >= 0.3 is 0 Å². The van der Waals surface area contributed by atoms with E-state index in [0.717, 1.165) is 11.1 Å². The highest BCUT2D eigenvalue weighted by atomic mass is 16.5. The second-order valence-corrected chi connectivity index (χ2v) is 5.09. The number of nitrogens with zero attached hydrogens (tertiary/aromatic N) is 1. The Kier molecular flexibility index (Phi) is 6.85. The number of benzene rings is 1. The van der Waals surface area contributed by atoms with Crippen molar-refractivity contribution in [2.24, 2.45) is 0 Å². The lowest BCUT2D eigenvalue weighted by atomic mass is 9.99. The SMILES string of the molecule is COCCN(CCO)C(C)C(=O)c1ccc(C)c(C)c1. The summed E-state index contributed by atoms with van der Waals surface area (Å²) in [5, 5.41) is 9.12. The van der Waals surface area contributed by atoms with E-state index < -0.39 is 0 Å². The lowest BCUT2D eigenvalue weighted by Gasteiger charge is -2.27. The molecule has 0 saturated carbocycles. The van der Waals surface area contributed by atoms with Crippen LogP contribution in [0.25, 0.3) is 0 Å². The van der Waals surface area contributed by atoms with Crippen molar-refractivity contribution in [2.75, 3.05) is 33.4 Å². The van der Waals surface area contributed by atoms with Crippen molar-refractivity contribution in [2.45, 2.75) is 26.8 Å². The van der Waals surface area contributed by atoms with Crippen molar-refractivity contribution in [1.82, 2.24) is 4.90 Å². The van der Waals surface area contributed by atoms with E-state index in [1.54, 1.807) is 7.11 Å². The number of aliphatic hydroxyl groups is 1. The largest absolute Gasteiger partial charge is 0.395 e. The smallest absolute Gasteiger partial charge is 0.179 e. The maximum atomic E-state index is 12.5. The number of Topliss-reactive ketones (excluding diaryl/α,β-unsaturated/α-hetero) is 1. The van der Waals surface area contributed by atoms with Crippen molar-refractivity contribution in [1.29, 1.82) is 0 Å². The van der Waals surface area contributed by atoms with E-state index >= 15 is 0 Å². The van der Waals surface area contributed by atoms with Crippen LogP contribution < -0.4 is 0 Å². The highest BCUT2D eigenvalue weighted by molar-refractivity contribution is 6.00. The molecule has 1 unspecified atom stereocenters. The molecule has 4 nitrogen and oxygen atoms in total. The minimum Gasteiger partial charge on any atom is -0.395 e. The number of aliphatic hydroxyl groups excluding tert-OH is 1. The van der Waals surface area contributed by atoms with E-state index in [0.29, 0.717) is 19.7 Å². The minimum absolute atomic E-state index is 0.0360. The summed E-state index contributed by atoms with van der Waals surface area (Å²) in [4.78, 5) is 14.5. The molecule has 0 aliphatic carbocycles. The van der Waals surface area contributed by atoms with Crippen molar-refractivity contribution in [3.05, 3.63) is 34.9 Å². The van der Waals surface area contributed by atoms with E-state index in [1.165, 1.54) is 5.56 Å². The van der Waals surface area contributed by atoms with Crippen LogP contribution in [0, 0.1) is 13.8 Å². The summed E-state index contributed by atoms with van der Waals surface area (Å²) in [6.07, 6.45) is 0. The quantitative estimate of drug-likeness (QED) is 0.737. The molecule has 112 valence electrons. The van der Waals surface area contributed by atoms with Crippen molar-refractivity contribution in [3.8, 4) is 0 Å². The number of rotatable bonds is 8. The van der Waals surface area contributed by atoms with E-state index in [2.05, 4.69) is 0 Å². The number of carbonyl (C=O) groups is 1. The lowest BCUT2D eigenvalue weighted by molar-refractivity contribution is 0.0730. The number of aryl methyl sites for hydroxylation is 2. The van der Waals surface area contributed by atoms with Crippen molar-refractivity contribution in [3.63, 3.8) is 0 Å². The van der Waals surface area contributed by atoms with Crippen LogP contribution in [0.5, 0.6) is 0 Å². The summed E-state index contributed by atoms with van der Waals surface area (Å²) in [5.74, 6) is 0.0812. The highest BCUT2D eigenvalue weighted by Crippen LogP contribution is 2.14. The molecule has 1 atom stereocenters. The van der Waals surface area contributed by atoms with Gasteiger partial charge in [0.25, 0.3) is 0 Å². The standard InChI is InChI=1S/C16H25NO3/c1-12-5-6-15(11-13(12)2)16(19)14(3)17(7-9-18)8-10-20-4/h5-6,11,14,18H,7-10H2,1-4H3. The normalized spacial score (nSPS) is 12.7. The summed E-state index contributed by atoms with van der Waals surface area (Å²) in [6, 6.07) is 5.51. The van der Waals surface area contributed by atoms with Gasteiger partial charge in [0.1, 0.15) is 0 Å². The minimum atomic E-state index is -0.264. The van der Waals surface area contributed by atoms with Gasteiger partial charge in [-0.05, 0) is 38.0 Å². The molecule has 0 aromatic heterocycles. The third-order valence-corrected chi connectivity index (χ3v) is 3.69. The third kappa shape index (κ3) is 4.40. The molecule has 4 heteroatoms. The van der Waals surface area contributed by atoms with Crippen molar-refractivity contribution >= 4 is 5.78 Å². The topological polar surface area (TPSA) is 49.8 Å². The molecule has 20 heavy (non-hydrogen) atoms. The summed E-state index contributed by atoms with van der Waals surface area (Å²) in [7, 11) is 1.63. The van der Waals surface area contributed by atoms with Crippen LogP contribution in [0.2, 0.25) is 0 Å². The van der Waals surface area contributed by atoms with E-state index in [9.17, 15) is 4.79 Å². The molecule has 0 fully saturated rings. The Morgan fingerprint density at radius 2 is 2.00 bits per heavy atom. The van der Waals surface area contributed by atoms with Gasteiger partial charge in [0, 0.05) is 25.8 Å². The van der Waals surface area contributed by atoms with Crippen LogP contribution >= 0.6 is 0 Å². The van der Waals surface area contributed by atoms with Crippen LogP contribution in [0.1, 0.15) is 28.4 Å². The lowest BCUT2D eigenvalue weighted by Crippen LogP contribution is -2.42. The van der Waals surface area contributed by atoms with Crippen molar-refractivity contribution < 1.29 is 14.6 Å². The number of hydrogen-bond acceptors (Lipinski definition) is 4. The zero-order valence-corrected chi connectivity index (χ0v) is 12.8. The van der Waals surface area contributed by atoms with Gasteiger partial charge < -0.3 is 9.84 Å². The molecule has 0 amide bonds. The Morgan fingerprint density at radius 3 is 2.55 bits per heavy atom. The summed E-state index contributed by atoms with van der Waals surface area (Å²) < 4.78 is 5.05. The maximum absolute atomic E-state index is 12.5. The Morgan fingerprint density at radius 1 is 1.30 bits per heavy atom. The predicted molar refractivity (Wildman–Crippen MR) is 80.2 cm³/mol. The van der Waals surface area contributed by atoms with Crippen LogP contribution in [-0.2, 0) is 4.74 Å². The van der Waals surface area contributed by atoms with E-state index in [-0.39, 0.29) is 18.4 Å². The van der Waals surface area contributed by atoms with Gasteiger partial charge in [-0.15, -0.1) is 0 Å². The van der Waals surface area contributed by atoms with Gasteiger partial charge in [-0.1, -0.05) is 12.1 Å². The Hall–Kier alpha value is -1.23. The highest BCUT2D eigenvalue weighted by Gasteiger charge is 2.22. The fourth-order valence-electron chi connectivity index (χ4n) is 2.14. The first-order valence-electron chi connectivity index (χ1n) is 6.96. The predicted octanol–water partition coefficient (Wildman–Crippen LogP) is 1.82. The molecule has 0 heterocycles. The van der Waals surface area contributed by atoms with E-state index in [1.807, 2.05) is 43.9 Å². The number of ether oxygens (including phenoxy) is 1. The Balaban J connectivity index is 2.83. The van der Waals surface area contributed by atoms with Crippen LogP contribution in [-0.4, -0.2) is 55.2 Å². The van der Waals surface area contributed by atoms with Gasteiger partial charge in [-0.2, -0.15) is 0 Å². The first kappa shape index (κ1) is 16.8. The number of methoxy groups -OCH3 is 1. The molecule has 0 spiro atoms. The molecule has 0 radical (unpaired) electrons. The summed E-state index contributed by atoms with van der Waals surface area (Å²) in [5.41, 5.74) is 3.02. The fourth-order valence-corrected chi connectivity index (χ4v) is 2.14. The monoisotopic (exact) mass is 279 g/mol. The van der Waals surface area contributed by atoms with E-state index in [4.69, 9.17) is 9.84 Å². The second kappa shape index (κ2) is 8.15. The van der Waals surface area contributed by atoms with Crippen LogP contribution in [0.3, 0.4) is 0 Å². The van der Waals surface area contributed by atoms with Gasteiger partial charge in [0.05, 0.1) is 19.3 Å². The van der Waals surface area contributed by atoms with Gasteiger partial charge in [0.15, 0.2) is 5.78 Å². The molecular formula is C16H25NO3. The second-order valence-electron chi connectivity index (χ2n) is 5.09. The maximum Gasteiger partial charge on any atom is 0.179 e. The number of carbonyl (C=O) groups excluding carboxylic acids is 1. The first-order valence-corrected chi connectivity index (χ1v) is 6.96. The van der Waals surface area contributed by atoms with Gasteiger partial charge in [-0.25, -0.2) is 0 Å². The molecule has 1 N–H and O–H groups in total. The first-order chi connectivity index (χ1) is 9.51. The Labute approximate surface area is 121 Å². The van der Waals surface area contributed by atoms with Gasteiger partial charge in [-0.3, -0.25) is 9.69 Å². The molecule has 1 aromatic rings. The number of hydrogen-bond donors (Lipinski definition) is 1. The Bertz CT molecular complexity index is 445. The molecule has 1 aromatic carbocycles.